The zero-order valence-corrected chi connectivity index (χ0v) is 16.4. The Morgan fingerprint density at radius 1 is 1.00 bits per heavy atom. The summed E-state index contributed by atoms with van der Waals surface area (Å²) in [6, 6.07) is 14.5. The van der Waals surface area contributed by atoms with E-state index in [-0.39, 0.29) is 10.8 Å². The van der Waals surface area contributed by atoms with Crippen molar-refractivity contribution in [2.24, 2.45) is 11.1 Å². The van der Waals surface area contributed by atoms with Crippen LogP contribution in [-0.2, 0) is 16.4 Å². The lowest BCUT2D eigenvalue weighted by atomic mass is 9.97. The lowest BCUT2D eigenvalue weighted by Gasteiger charge is -2.09. The molecular formula is C20H23N3O3S. The molecule has 3 aromatic rings. The molecule has 27 heavy (non-hydrogen) atoms. The smallest absolute Gasteiger partial charge is 0.238 e. The zero-order chi connectivity index (χ0) is 19.6. The van der Waals surface area contributed by atoms with Crippen LogP contribution in [0, 0.1) is 5.92 Å². The van der Waals surface area contributed by atoms with Gasteiger partial charge in [0.1, 0.15) is 0 Å². The third-order valence-corrected chi connectivity index (χ3v) is 5.31. The summed E-state index contributed by atoms with van der Waals surface area (Å²) in [5, 5.41) is 9.13. The van der Waals surface area contributed by atoms with E-state index in [1.807, 2.05) is 6.92 Å². The van der Waals surface area contributed by atoms with Crippen molar-refractivity contribution in [2.75, 3.05) is 0 Å². The first-order valence-electron chi connectivity index (χ1n) is 8.79. The van der Waals surface area contributed by atoms with E-state index in [4.69, 9.17) is 9.66 Å². The molecule has 0 spiro atoms. The maximum absolute atomic E-state index is 11.3. The Morgan fingerprint density at radius 2 is 1.63 bits per heavy atom. The number of nitrogens with two attached hydrogens (primary N) is 1. The zero-order valence-electron chi connectivity index (χ0n) is 15.6. The van der Waals surface area contributed by atoms with Crippen LogP contribution in [-0.4, -0.2) is 18.6 Å². The Bertz CT molecular complexity index is 1010. The van der Waals surface area contributed by atoms with Crippen LogP contribution in [0.25, 0.3) is 11.4 Å². The highest BCUT2D eigenvalue weighted by atomic mass is 32.2. The monoisotopic (exact) mass is 385 g/mol. The van der Waals surface area contributed by atoms with E-state index in [2.05, 4.69) is 48.3 Å². The van der Waals surface area contributed by atoms with Crippen molar-refractivity contribution in [3.05, 3.63) is 65.5 Å². The molecule has 1 unspecified atom stereocenters. The first kappa shape index (κ1) is 19.3. The van der Waals surface area contributed by atoms with E-state index < -0.39 is 10.0 Å². The van der Waals surface area contributed by atoms with Crippen molar-refractivity contribution in [3.8, 4) is 11.4 Å². The predicted molar refractivity (Wildman–Crippen MR) is 104 cm³/mol. The molecule has 0 saturated carbocycles. The van der Waals surface area contributed by atoms with Gasteiger partial charge in [-0.2, -0.15) is 4.98 Å². The van der Waals surface area contributed by atoms with Crippen LogP contribution in [0.1, 0.15) is 43.7 Å². The molecule has 1 aromatic heterocycles. The summed E-state index contributed by atoms with van der Waals surface area (Å²) in [6.45, 7) is 6.41. The lowest BCUT2D eigenvalue weighted by molar-refractivity contribution is 0.371. The minimum absolute atomic E-state index is 0.0388. The molecule has 1 heterocycles. The number of hydrogen-bond donors (Lipinski definition) is 1. The highest BCUT2D eigenvalue weighted by molar-refractivity contribution is 7.89. The van der Waals surface area contributed by atoms with E-state index in [0.29, 0.717) is 23.2 Å². The van der Waals surface area contributed by atoms with Crippen LogP contribution in [0.5, 0.6) is 0 Å². The normalized spacial score (nSPS) is 13.1. The second-order valence-electron chi connectivity index (χ2n) is 7.09. The molecular weight excluding hydrogens is 362 g/mol. The van der Waals surface area contributed by atoms with E-state index in [1.165, 1.54) is 17.7 Å². The molecule has 1 atom stereocenters. The van der Waals surface area contributed by atoms with Gasteiger partial charge in [-0.3, -0.25) is 0 Å². The Labute approximate surface area is 159 Å². The molecule has 6 nitrogen and oxygen atoms in total. The van der Waals surface area contributed by atoms with Gasteiger partial charge in [-0.15, -0.1) is 0 Å². The summed E-state index contributed by atoms with van der Waals surface area (Å²) >= 11 is 0. The van der Waals surface area contributed by atoms with E-state index in [0.717, 1.165) is 12.0 Å². The molecule has 0 saturated heterocycles. The number of sulfonamides is 1. The molecule has 0 amide bonds. The second kappa shape index (κ2) is 7.62. The van der Waals surface area contributed by atoms with Crippen LogP contribution in [0.2, 0.25) is 0 Å². The number of benzene rings is 2. The van der Waals surface area contributed by atoms with Gasteiger partial charge in [-0.05, 0) is 54.7 Å². The van der Waals surface area contributed by atoms with Crippen molar-refractivity contribution in [3.63, 3.8) is 0 Å². The van der Waals surface area contributed by atoms with Crippen molar-refractivity contribution in [1.29, 1.82) is 0 Å². The fourth-order valence-electron chi connectivity index (χ4n) is 2.88. The average molecular weight is 385 g/mol. The fraction of sp³-hybridized carbons (Fsp3) is 0.300. The molecule has 0 aliphatic heterocycles. The summed E-state index contributed by atoms with van der Waals surface area (Å²) in [7, 11) is -3.72. The highest BCUT2D eigenvalue weighted by Gasteiger charge is 2.18. The molecule has 0 aliphatic carbocycles. The average Bonchev–Trinajstić information content (AvgIpc) is 3.11. The lowest BCUT2D eigenvalue weighted by Crippen LogP contribution is -2.11. The minimum atomic E-state index is -3.72. The van der Waals surface area contributed by atoms with Crippen LogP contribution in [0.4, 0.5) is 0 Å². The van der Waals surface area contributed by atoms with Crippen molar-refractivity contribution < 1.29 is 12.9 Å². The van der Waals surface area contributed by atoms with Gasteiger partial charge in [0.25, 0.3) is 0 Å². The Hall–Kier alpha value is -2.51. The first-order valence-corrected chi connectivity index (χ1v) is 10.3. The fourth-order valence-corrected chi connectivity index (χ4v) is 3.39. The largest absolute Gasteiger partial charge is 0.338 e. The maximum atomic E-state index is 11.3. The topological polar surface area (TPSA) is 99.1 Å². The molecule has 0 aliphatic rings. The Balaban J connectivity index is 1.78. The molecule has 2 aromatic carbocycles. The number of hydrogen-bond acceptors (Lipinski definition) is 5. The predicted octanol–water partition coefficient (Wildman–Crippen LogP) is 3.73. The molecule has 3 rings (SSSR count). The van der Waals surface area contributed by atoms with Crippen LogP contribution in [0.3, 0.4) is 0 Å². The van der Waals surface area contributed by atoms with Crippen molar-refractivity contribution >= 4 is 10.0 Å². The van der Waals surface area contributed by atoms with Gasteiger partial charge in [-0.1, -0.05) is 43.3 Å². The standard InChI is InChI=1S/C20H23N3O3S/c1-13(2)12-15-4-6-16(7-5-15)14(3)20-22-19(23-26-20)17-8-10-18(11-9-17)27(21,24)25/h4-11,13-14H,12H2,1-3H3,(H2,21,24,25). The van der Waals surface area contributed by atoms with Gasteiger partial charge in [0.15, 0.2) is 0 Å². The first-order chi connectivity index (χ1) is 12.7. The third kappa shape index (κ3) is 4.61. The summed E-state index contributed by atoms with van der Waals surface area (Å²) < 4.78 is 28.1. The number of aromatic nitrogens is 2. The quantitative estimate of drug-likeness (QED) is 0.697. The SMILES string of the molecule is CC(C)Cc1ccc(C(C)c2nc(-c3ccc(S(N)(=O)=O)cc3)no2)cc1. The van der Waals surface area contributed by atoms with Crippen molar-refractivity contribution in [2.45, 2.75) is 38.0 Å². The van der Waals surface area contributed by atoms with Gasteiger partial charge in [0.2, 0.25) is 21.7 Å². The maximum Gasteiger partial charge on any atom is 0.238 e. The molecule has 7 heteroatoms. The van der Waals surface area contributed by atoms with E-state index >= 15 is 0 Å². The van der Waals surface area contributed by atoms with Crippen LogP contribution < -0.4 is 5.14 Å². The summed E-state index contributed by atoms with van der Waals surface area (Å²) in [5.74, 6) is 1.50. The van der Waals surface area contributed by atoms with Crippen LogP contribution >= 0.6 is 0 Å². The molecule has 0 bridgehead atoms. The molecule has 2 N–H and O–H groups in total. The summed E-state index contributed by atoms with van der Waals surface area (Å²) in [4.78, 5) is 4.51. The van der Waals surface area contributed by atoms with Gasteiger partial charge >= 0.3 is 0 Å². The highest BCUT2D eigenvalue weighted by Crippen LogP contribution is 2.26. The van der Waals surface area contributed by atoms with E-state index in [1.54, 1.807) is 12.1 Å². The minimum Gasteiger partial charge on any atom is -0.338 e. The van der Waals surface area contributed by atoms with E-state index in [9.17, 15) is 8.42 Å². The third-order valence-electron chi connectivity index (χ3n) is 4.38. The van der Waals surface area contributed by atoms with Crippen molar-refractivity contribution in [1.82, 2.24) is 10.1 Å². The molecule has 0 radical (unpaired) electrons. The van der Waals surface area contributed by atoms with Gasteiger partial charge in [0.05, 0.1) is 10.8 Å². The van der Waals surface area contributed by atoms with Gasteiger partial charge in [-0.25, -0.2) is 13.6 Å². The summed E-state index contributed by atoms with van der Waals surface area (Å²) in [5.41, 5.74) is 3.07. The molecule has 142 valence electrons. The van der Waals surface area contributed by atoms with Crippen LogP contribution in [0.15, 0.2) is 57.9 Å². The van der Waals surface area contributed by atoms with Gasteiger partial charge in [0, 0.05) is 5.56 Å². The number of rotatable bonds is 6. The Kier molecular flexibility index (Phi) is 5.43. The number of nitrogens with zero attached hydrogens (tertiary/aromatic N) is 2. The Morgan fingerprint density at radius 3 is 2.19 bits per heavy atom. The number of primary sulfonamides is 1. The summed E-state index contributed by atoms with van der Waals surface area (Å²) in [6.07, 6.45) is 1.05. The second-order valence-corrected chi connectivity index (χ2v) is 8.65. The molecule has 0 fully saturated rings. The van der Waals surface area contributed by atoms with Gasteiger partial charge < -0.3 is 4.52 Å².